The average Bonchev–Trinajstić information content (AvgIpc) is 3.20. The molecule has 0 radical (unpaired) electrons. The first-order chi connectivity index (χ1) is 12.0. The van der Waals surface area contributed by atoms with E-state index in [1.54, 1.807) is 6.07 Å². The van der Waals surface area contributed by atoms with Crippen molar-refractivity contribution >= 4 is 32.0 Å². The lowest BCUT2D eigenvalue weighted by atomic mass is 10.1. The molecule has 7 heteroatoms. The molecule has 3 aromatic rings. The fourth-order valence-corrected chi connectivity index (χ4v) is 4.69. The molecule has 0 bridgehead atoms. The summed E-state index contributed by atoms with van der Waals surface area (Å²) in [6.45, 7) is 1.64. The SMILES string of the molecule is CNS(=O)(=O)C1CCN(Cc2cc3oc4ccccc4c3cc2O)C1. The third kappa shape index (κ3) is 2.88. The maximum absolute atomic E-state index is 11.9. The van der Waals surface area contributed by atoms with Crippen molar-refractivity contribution in [3.05, 3.63) is 42.0 Å². The monoisotopic (exact) mass is 360 g/mol. The van der Waals surface area contributed by atoms with Crippen molar-refractivity contribution in [3.63, 3.8) is 0 Å². The minimum Gasteiger partial charge on any atom is -0.508 e. The normalized spacial score (nSPS) is 19.2. The highest BCUT2D eigenvalue weighted by molar-refractivity contribution is 7.90. The lowest BCUT2D eigenvalue weighted by Crippen LogP contribution is -2.34. The maximum atomic E-state index is 11.9. The van der Waals surface area contributed by atoms with Crippen molar-refractivity contribution in [1.29, 1.82) is 0 Å². The van der Waals surface area contributed by atoms with Crippen LogP contribution in [-0.4, -0.2) is 43.8 Å². The quantitative estimate of drug-likeness (QED) is 0.747. The van der Waals surface area contributed by atoms with Gasteiger partial charge >= 0.3 is 0 Å². The van der Waals surface area contributed by atoms with E-state index in [4.69, 9.17) is 4.42 Å². The summed E-state index contributed by atoms with van der Waals surface area (Å²) in [6.07, 6.45) is 0.594. The Bertz CT molecular complexity index is 1040. The summed E-state index contributed by atoms with van der Waals surface area (Å²) in [4.78, 5) is 2.04. The summed E-state index contributed by atoms with van der Waals surface area (Å²) < 4.78 is 32.1. The fraction of sp³-hybridized carbons (Fsp3) is 0.333. The fourth-order valence-electron chi connectivity index (χ4n) is 3.53. The number of aromatic hydroxyl groups is 1. The molecule has 1 aliphatic heterocycles. The van der Waals surface area contributed by atoms with Gasteiger partial charge in [-0.2, -0.15) is 0 Å². The average molecular weight is 360 g/mol. The molecular weight excluding hydrogens is 340 g/mol. The Morgan fingerprint density at radius 3 is 2.84 bits per heavy atom. The van der Waals surface area contributed by atoms with Gasteiger partial charge in [-0.15, -0.1) is 0 Å². The number of hydrogen-bond donors (Lipinski definition) is 2. The van der Waals surface area contributed by atoms with Gasteiger partial charge in [-0.05, 0) is 38.2 Å². The molecule has 1 saturated heterocycles. The molecule has 0 spiro atoms. The van der Waals surface area contributed by atoms with Crippen LogP contribution in [0.25, 0.3) is 21.9 Å². The topological polar surface area (TPSA) is 82.8 Å². The summed E-state index contributed by atoms with van der Waals surface area (Å²) in [5.74, 6) is 0.207. The van der Waals surface area contributed by atoms with Crippen molar-refractivity contribution in [2.45, 2.75) is 18.2 Å². The van der Waals surface area contributed by atoms with E-state index in [2.05, 4.69) is 4.72 Å². The first-order valence-electron chi connectivity index (χ1n) is 8.26. The number of sulfonamides is 1. The molecule has 2 N–H and O–H groups in total. The van der Waals surface area contributed by atoms with Gasteiger partial charge in [0.15, 0.2) is 0 Å². The van der Waals surface area contributed by atoms with Gasteiger partial charge in [0, 0.05) is 29.4 Å². The summed E-state index contributed by atoms with van der Waals surface area (Å²) in [5.41, 5.74) is 2.26. The summed E-state index contributed by atoms with van der Waals surface area (Å²) in [6, 6.07) is 11.3. The number of nitrogens with one attached hydrogen (secondary N) is 1. The molecular formula is C18H20N2O4S. The van der Waals surface area contributed by atoms with Crippen LogP contribution in [0.5, 0.6) is 5.75 Å². The van der Waals surface area contributed by atoms with Crippen LogP contribution in [0.3, 0.4) is 0 Å². The van der Waals surface area contributed by atoms with E-state index < -0.39 is 15.3 Å². The Labute approximate surface area is 146 Å². The smallest absolute Gasteiger partial charge is 0.215 e. The van der Waals surface area contributed by atoms with E-state index in [-0.39, 0.29) is 5.75 Å². The molecule has 0 aliphatic carbocycles. The van der Waals surface area contributed by atoms with Crippen molar-refractivity contribution in [1.82, 2.24) is 9.62 Å². The zero-order valence-electron chi connectivity index (χ0n) is 13.9. The predicted octanol–water partition coefficient (Wildman–Crippen LogP) is 2.42. The Hall–Kier alpha value is -2.09. The molecule has 25 heavy (non-hydrogen) atoms. The van der Waals surface area contributed by atoms with Gasteiger partial charge in [0.1, 0.15) is 16.9 Å². The van der Waals surface area contributed by atoms with Gasteiger partial charge in [-0.1, -0.05) is 18.2 Å². The molecule has 132 valence electrons. The van der Waals surface area contributed by atoms with Crippen molar-refractivity contribution in [2.24, 2.45) is 0 Å². The number of phenolic OH excluding ortho intramolecular Hbond substituents is 1. The zero-order chi connectivity index (χ0) is 17.6. The lowest BCUT2D eigenvalue weighted by molar-refractivity contribution is 0.324. The minimum atomic E-state index is -3.26. The summed E-state index contributed by atoms with van der Waals surface area (Å²) in [7, 11) is -1.81. The minimum absolute atomic E-state index is 0.207. The van der Waals surface area contributed by atoms with Crippen LogP contribution in [-0.2, 0) is 16.6 Å². The lowest BCUT2D eigenvalue weighted by Gasteiger charge is -2.17. The Kier molecular flexibility index (Phi) is 3.94. The van der Waals surface area contributed by atoms with Crippen LogP contribution >= 0.6 is 0 Å². The number of hydrogen-bond acceptors (Lipinski definition) is 5. The first kappa shape index (κ1) is 16.4. The third-order valence-corrected chi connectivity index (χ3v) is 6.76. The van der Waals surface area contributed by atoms with Gasteiger partial charge in [-0.3, -0.25) is 4.90 Å². The largest absolute Gasteiger partial charge is 0.508 e. The van der Waals surface area contributed by atoms with Crippen LogP contribution in [0.15, 0.2) is 40.8 Å². The van der Waals surface area contributed by atoms with Crippen molar-refractivity contribution in [3.8, 4) is 5.75 Å². The van der Waals surface area contributed by atoms with Crippen LogP contribution in [0, 0.1) is 0 Å². The standard InChI is InChI=1S/C18H20N2O4S/c1-19-25(22,23)13-6-7-20(11-13)10-12-8-18-15(9-16(12)21)14-4-2-3-5-17(14)24-18/h2-5,8-9,13,19,21H,6-7,10-11H2,1H3. The Morgan fingerprint density at radius 1 is 1.24 bits per heavy atom. The number of para-hydroxylation sites is 1. The highest BCUT2D eigenvalue weighted by atomic mass is 32.2. The predicted molar refractivity (Wildman–Crippen MR) is 97.0 cm³/mol. The molecule has 0 amide bonds. The zero-order valence-corrected chi connectivity index (χ0v) is 14.7. The number of fused-ring (bicyclic) bond motifs is 3. The van der Waals surface area contributed by atoms with Crippen LogP contribution < -0.4 is 4.72 Å². The number of benzene rings is 2. The van der Waals surface area contributed by atoms with E-state index in [9.17, 15) is 13.5 Å². The Balaban J connectivity index is 1.62. The van der Waals surface area contributed by atoms with Gasteiger partial charge in [0.25, 0.3) is 0 Å². The molecule has 0 saturated carbocycles. The molecule has 1 fully saturated rings. The maximum Gasteiger partial charge on any atom is 0.215 e. The highest BCUT2D eigenvalue weighted by Gasteiger charge is 2.32. The second-order valence-corrected chi connectivity index (χ2v) is 8.64. The van der Waals surface area contributed by atoms with E-state index in [1.165, 1.54) is 7.05 Å². The molecule has 2 heterocycles. The molecule has 6 nitrogen and oxygen atoms in total. The number of phenols is 1. The van der Waals surface area contributed by atoms with E-state index in [0.717, 1.165) is 27.5 Å². The van der Waals surface area contributed by atoms with Crippen molar-refractivity contribution in [2.75, 3.05) is 20.1 Å². The van der Waals surface area contributed by atoms with Gasteiger partial charge in [0.05, 0.1) is 5.25 Å². The van der Waals surface area contributed by atoms with Gasteiger partial charge in [-0.25, -0.2) is 13.1 Å². The van der Waals surface area contributed by atoms with Gasteiger partial charge in [0.2, 0.25) is 10.0 Å². The summed E-state index contributed by atoms with van der Waals surface area (Å²) in [5, 5.41) is 11.9. The molecule has 1 atom stereocenters. The van der Waals surface area contributed by atoms with Crippen LogP contribution in [0.2, 0.25) is 0 Å². The summed E-state index contributed by atoms with van der Waals surface area (Å²) >= 11 is 0. The molecule has 4 rings (SSSR count). The van der Waals surface area contributed by atoms with E-state index >= 15 is 0 Å². The first-order valence-corrected chi connectivity index (χ1v) is 9.80. The molecule has 1 aliphatic rings. The highest BCUT2D eigenvalue weighted by Crippen LogP contribution is 2.34. The number of rotatable bonds is 4. The van der Waals surface area contributed by atoms with E-state index in [1.807, 2.05) is 35.2 Å². The van der Waals surface area contributed by atoms with Crippen LogP contribution in [0.1, 0.15) is 12.0 Å². The number of likely N-dealkylation sites (tertiary alicyclic amines) is 1. The number of furan rings is 1. The molecule has 2 aromatic carbocycles. The second kappa shape index (κ2) is 6.01. The second-order valence-electron chi connectivity index (χ2n) is 6.47. The van der Waals surface area contributed by atoms with Crippen LogP contribution in [0.4, 0.5) is 0 Å². The Morgan fingerprint density at radius 2 is 2.04 bits per heavy atom. The van der Waals surface area contributed by atoms with Gasteiger partial charge < -0.3 is 9.52 Å². The molecule has 1 aromatic heterocycles. The molecule has 1 unspecified atom stereocenters. The number of nitrogens with zero attached hydrogens (tertiary/aromatic N) is 1. The van der Waals surface area contributed by atoms with E-state index in [0.29, 0.717) is 26.1 Å². The third-order valence-electron chi connectivity index (χ3n) is 4.92. The van der Waals surface area contributed by atoms with Crippen molar-refractivity contribution < 1.29 is 17.9 Å².